The molecule has 2 aromatic carbocycles. The smallest absolute Gasteiger partial charge is 0.251 e. The lowest BCUT2D eigenvalue weighted by molar-refractivity contribution is 0.0939. The fraction of sp³-hybridized carbons (Fsp3) is 0.304. The third kappa shape index (κ3) is 4.77. The van der Waals surface area contributed by atoms with Gasteiger partial charge >= 0.3 is 0 Å². The molecule has 152 valence electrons. The van der Waals surface area contributed by atoms with Crippen LogP contribution >= 0.6 is 0 Å². The lowest BCUT2D eigenvalue weighted by Crippen LogP contribution is -2.27. The quantitative estimate of drug-likeness (QED) is 0.658. The molecule has 0 saturated carbocycles. The Hall–Kier alpha value is -3.28. The molecule has 0 bridgehead atoms. The summed E-state index contributed by atoms with van der Waals surface area (Å²) in [5.74, 6) is 1.29. The first-order valence-corrected chi connectivity index (χ1v) is 9.54. The average molecular weight is 393 g/mol. The normalized spacial score (nSPS) is 11.8. The van der Waals surface area contributed by atoms with Crippen LogP contribution in [0.1, 0.15) is 45.8 Å². The van der Waals surface area contributed by atoms with E-state index in [1.807, 2.05) is 67.9 Å². The van der Waals surface area contributed by atoms with Gasteiger partial charge in [0.15, 0.2) is 0 Å². The van der Waals surface area contributed by atoms with Gasteiger partial charge in [-0.25, -0.2) is 0 Å². The minimum atomic E-state index is -0.234. The zero-order valence-electron chi connectivity index (χ0n) is 17.5. The van der Waals surface area contributed by atoms with Crippen LogP contribution < -0.4 is 14.8 Å². The van der Waals surface area contributed by atoms with Gasteiger partial charge in [-0.3, -0.25) is 9.48 Å². The summed E-state index contributed by atoms with van der Waals surface area (Å²) in [5.41, 5.74) is 4.68. The Balaban J connectivity index is 1.70. The van der Waals surface area contributed by atoms with Gasteiger partial charge in [-0.1, -0.05) is 12.1 Å². The van der Waals surface area contributed by atoms with Gasteiger partial charge in [-0.05, 0) is 62.7 Å². The first kappa shape index (κ1) is 20.5. The van der Waals surface area contributed by atoms with Gasteiger partial charge in [0.05, 0.1) is 32.5 Å². The van der Waals surface area contributed by atoms with Crippen LogP contribution in [-0.4, -0.2) is 29.9 Å². The topological polar surface area (TPSA) is 65.4 Å². The SMILES string of the molecule is COc1ccc(OC)c(C(C)NC(=O)c2ccc(Cn3nc(C)cc3C)cc2)c1. The third-order valence-corrected chi connectivity index (χ3v) is 4.90. The number of ether oxygens (including phenoxy) is 2. The van der Waals surface area contributed by atoms with Crippen molar-refractivity contribution < 1.29 is 14.3 Å². The second-order valence-electron chi connectivity index (χ2n) is 7.08. The molecule has 6 nitrogen and oxygen atoms in total. The Morgan fingerprint density at radius 1 is 1.07 bits per heavy atom. The summed E-state index contributed by atoms with van der Waals surface area (Å²) >= 11 is 0. The van der Waals surface area contributed by atoms with Crippen LogP contribution in [0.5, 0.6) is 11.5 Å². The fourth-order valence-electron chi connectivity index (χ4n) is 3.30. The van der Waals surface area contributed by atoms with Gasteiger partial charge in [0, 0.05) is 16.8 Å². The van der Waals surface area contributed by atoms with Crippen LogP contribution in [0.25, 0.3) is 0 Å². The van der Waals surface area contributed by atoms with Crippen molar-refractivity contribution in [1.82, 2.24) is 15.1 Å². The van der Waals surface area contributed by atoms with Crippen molar-refractivity contribution in [2.75, 3.05) is 14.2 Å². The lowest BCUT2D eigenvalue weighted by Gasteiger charge is -2.18. The second-order valence-corrected chi connectivity index (χ2v) is 7.08. The van der Waals surface area contributed by atoms with Crippen molar-refractivity contribution >= 4 is 5.91 Å². The Labute approximate surface area is 171 Å². The Morgan fingerprint density at radius 2 is 1.79 bits per heavy atom. The number of nitrogens with one attached hydrogen (secondary N) is 1. The standard InChI is InChI=1S/C23H27N3O3/c1-15-12-16(2)26(25-15)14-18-6-8-19(9-7-18)23(27)24-17(3)21-13-20(28-4)10-11-22(21)29-5/h6-13,17H,14H2,1-5H3,(H,24,27). The van der Waals surface area contributed by atoms with Crippen LogP contribution in [-0.2, 0) is 6.54 Å². The minimum absolute atomic E-state index is 0.139. The summed E-state index contributed by atoms with van der Waals surface area (Å²) in [6.45, 7) is 6.62. The average Bonchev–Trinajstić information content (AvgIpc) is 3.04. The van der Waals surface area contributed by atoms with Gasteiger partial charge < -0.3 is 14.8 Å². The zero-order valence-corrected chi connectivity index (χ0v) is 17.5. The molecule has 29 heavy (non-hydrogen) atoms. The maximum absolute atomic E-state index is 12.7. The van der Waals surface area contributed by atoms with Gasteiger partial charge in [0.1, 0.15) is 11.5 Å². The van der Waals surface area contributed by atoms with Crippen LogP contribution in [0.4, 0.5) is 0 Å². The molecule has 0 fully saturated rings. The van der Waals surface area contributed by atoms with Crippen molar-refractivity contribution in [2.24, 2.45) is 0 Å². The highest BCUT2D eigenvalue weighted by molar-refractivity contribution is 5.94. The molecule has 0 aliphatic carbocycles. The van der Waals surface area contributed by atoms with E-state index in [0.717, 1.165) is 28.3 Å². The first-order valence-electron chi connectivity index (χ1n) is 9.54. The number of nitrogens with zero attached hydrogens (tertiary/aromatic N) is 2. The number of benzene rings is 2. The molecular weight excluding hydrogens is 366 g/mol. The number of carbonyl (C=O) groups is 1. The van der Waals surface area contributed by atoms with Crippen LogP contribution in [0.2, 0.25) is 0 Å². The highest BCUT2D eigenvalue weighted by atomic mass is 16.5. The molecule has 0 saturated heterocycles. The predicted octanol–water partition coefficient (Wildman–Crippen LogP) is 4.06. The number of amides is 1. The molecule has 3 rings (SSSR count). The number of rotatable bonds is 7. The first-order chi connectivity index (χ1) is 13.9. The molecule has 1 heterocycles. The van der Waals surface area contributed by atoms with E-state index in [9.17, 15) is 4.79 Å². The monoisotopic (exact) mass is 393 g/mol. The maximum Gasteiger partial charge on any atom is 0.251 e. The summed E-state index contributed by atoms with van der Waals surface area (Å²) < 4.78 is 12.7. The van der Waals surface area contributed by atoms with E-state index in [2.05, 4.69) is 16.5 Å². The molecule has 6 heteroatoms. The Bertz CT molecular complexity index is 993. The highest BCUT2D eigenvalue weighted by Gasteiger charge is 2.16. The van der Waals surface area contributed by atoms with E-state index < -0.39 is 0 Å². The molecule has 1 amide bonds. The van der Waals surface area contributed by atoms with Crippen molar-refractivity contribution in [3.63, 3.8) is 0 Å². The van der Waals surface area contributed by atoms with Gasteiger partial charge in [-0.15, -0.1) is 0 Å². The molecule has 0 aliphatic heterocycles. The predicted molar refractivity (Wildman–Crippen MR) is 113 cm³/mol. The zero-order chi connectivity index (χ0) is 21.0. The van der Waals surface area contributed by atoms with Crippen molar-refractivity contribution in [3.8, 4) is 11.5 Å². The molecule has 1 N–H and O–H groups in total. The van der Waals surface area contributed by atoms with Gasteiger partial charge in [-0.2, -0.15) is 5.10 Å². The number of aromatic nitrogens is 2. The fourth-order valence-corrected chi connectivity index (χ4v) is 3.30. The van der Waals surface area contributed by atoms with Crippen LogP contribution in [0.15, 0.2) is 48.5 Å². The number of methoxy groups -OCH3 is 2. The van der Waals surface area contributed by atoms with Gasteiger partial charge in [0.25, 0.3) is 5.91 Å². The molecular formula is C23H27N3O3. The maximum atomic E-state index is 12.7. The largest absolute Gasteiger partial charge is 0.497 e. The molecule has 1 atom stereocenters. The van der Waals surface area contributed by atoms with E-state index in [-0.39, 0.29) is 11.9 Å². The van der Waals surface area contributed by atoms with Crippen LogP contribution in [0.3, 0.4) is 0 Å². The third-order valence-electron chi connectivity index (χ3n) is 4.90. The number of carbonyl (C=O) groups excluding carboxylic acids is 1. The summed E-state index contributed by atoms with van der Waals surface area (Å²) in [5, 5.41) is 7.51. The van der Waals surface area contributed by atoms with Crippen molar-refractivity contribution in [3.05, 3.63) is 76.6 Å². The molecule has 3 aromatic rings. The van der Waals surface area contributed by atoms with Crippen molar-refractivity contribution in [2.45, 2.75) is 33.4 Å². The summed E-state index contributed by atoms with van der Waals surface area (Å²) in [7, 11) is 3.23. The number of hydrogen-bond acceptors (Lipinski definition) is 4. The molecule has 0 spiro atoms. The Morgan fingerprint density at radius 3 is 2.38 bits per heavy atom. The Kier molecular flexibility index (Phi) is 6.22. The molecule has 1 aromatic heterocycles. The highest BCUT2D eigenvalue weighted by Crippen LogP contribution is 2.29. The number of hydrogen-bond donors (Lipinski definition) is 1. The van der Waals surface area contributed by atoms with Crippen LogP contribution in [0, 0.1) is 13.8 Å². The van der Waals surface area contributed by atoms with Crippen molar-refractivity contribution in [1.29, 1.82) is 0 Å². The molecule has 1 unspecified atom stereocenters. The van der Waals surface area contributed by atoms with E-state index in [0.29, 0.717) is 17.9 Å². The minimum Gasteiger partial charge on any atom is -0.497 e. The summed E-state index contributed by atoms with van der Waals surface area (Å²) in [4.78, 5) is 12.7. The molecule has 0 radical (unpaired) electrons. The van der Waals surface area contributed by atoms with E-state index in [4.69, 9.17) is 9.47 Å². The van der Waals surface area contributed by atoms with E-state index >= 15 is 0 Å². The lowest BCUT2D eigenvalue weighted by atomic mass is 10.1. The number of aryl methyl sites for hydroxylation is 2. The van der Waals surface area contributed by atoms with E-state index in [1.54, 1.807) is 14.2 Å². The molecule has 0 aliphatic rings. The summed E-state index contributed by atoms with van der Waals surface area (Å²) in [6.07, 6.45) is 0. The summed E-state index contributed by atoms with van der Waals surface area (Å²) in [6, 6.07) is 15.0. The van der Waals surface area contributed by atoms with Gasteiger partial charge in [0.2, 0.25) is 0 Å². The van der Waals surface area contributed by atoms with E-state index in [1.165, 1.54) is 0 Å². The second kappa shape index (κ2) is 8.82.